The van der Waals surface area contributed by atoms with Gasteiger partial charge in [-0.05, 0) is 33.6 Å². The van der Waals surface area contributed by atoms with Crippen LogP contribution in [-0.2, 0) is 9.47 Å². The maximum atomic E-state index is 12.1. The molecule has 1 aliphatic heterocycles. The Balaban J connectivity index is 2.66. The van der Waals surface area contributed by atoms with E-state index in [0.29, 0.717) is 12.4 Å². The zero-order valence-electron chi connectivity index (χ0n) is 14.2. The fourth-order valence-electron chi connectivity index (χ4n) is 2.26. The number of hydrogen-bond donors (Lipinski definition) is 2. The summed E-state index contributed by atoms with van der Waals surface area (Å²) in [6.07, 6.45) is 2.94. The minimum absolute atomic E-state index is 0.0149. The Morgan fingerprint density at radius 2 is 2.09 bits per heavy atom. The molecule has 126 valence electrons. The number of hydrogen-bond acceptors (Lipinski definition) is 5. The lowest BCUT2D eigenvalue weighted by Crippen LogP contribution is -2.50. The highest BCUT2D eigenvalue weighted by molar-refractivity contribution is 5.90. The summed E-state index contributed by atoms with van der Waals surface area (Å²) in [7, 11) is 3.21. The Bertz CT molecular complexity index is 443. The number of amides is 1. The van der Waals surface area contributed by atoms with Gasteiger partial charge in [-0.3, -0.25) is 5.41 Å². The molecular weight excluding hydrogens is 284 g/mol. The molecule has 7 nitrogen and oxygen atoms in total. The Hall–Kier alpha value is -1.92. The van der Waals surface area contributed by atoms with E-state index in [2.05, 4.69) is 0 Å². The number of ether oxygens (including phenoxy) is 2. The van der Waals surface area contributed by atoms with Crippen molar-refractivity contribution in [3.05, 3.63) is 12.0 Å². The molecule has 1 aliphatic rings. The molecule has 7 heteroatoms. The Kier molecular flexibility index (Phi) is 6.08. The van der Waals surface area contributed by atoms with Gasteiger partial charge in [0.2, 0.25) is 0 Å². The second-order valence-electron chi connectivity index (χ2n) is 6.47. The molecule has 0 spiro atoms. The molecule has 1 rings (SSSR count). The molecule has 1 amide bonds. The fraction of sp³-hybridized carbons (Fsp3) is 0.733. The van der Waals surface area contributed by atoms with Crippen LogP contribution in [0.5, 0.6) is 0 Å². The summed E-state index contributed by atoms with van der Waals surface area (Å²) in [6.45, 7) is 6.90. The Morgan fingerprint density at radius 3 is 2.64 bits per heavy atom. The largest absolute Gasteiger partial charge is 0.483 e. The normalized spacial score (nSPS) is 19.6. The van der Waals surface area contributed by atoms with Crippen molar-refractivity contribution in [2.24, 2.45) is 5.73 Å². The summed E-state index contributed by atoms with van der Waals surface area (Å²) in [5.41, 5.74) is 5.07. The van der Waals surface area contributed by atoms with Gasteiger partial charge in [0.1, 0.15) is 11.4 Å². The maximum absolute atomic E-state index is 12.1. The topological polar surface area (TPSA) is 91.9 Å². The van der Waals surface area contributed by atoms with E-state index in [1.165, 1.54) is 13.2 Å². The number of methoxy groups -OCH3 is 1. The summed E-state index contributed by atoms with van der Waals surface area (Å²) < 4.78 is 10.3. The lowest BCUT2D eigenvalue weighted by molar-refractivity contribution is 0.0169. The zero-order chi connectivity index (χ0) is 16.9. The van der Waals surface area contributed by atoms with Gasteiger partial charge in [0.05, 0.1) is 13.2 Å². The van der Waals surface area contributed by atoms with Gasteiger partial charge in [0.15, 0.2) is 5.88 Å². The maximum Gasteiger partial charge on any atom is 0.410 e. The Labute approximate surface area is 132 Å². The molecule has 0 bridgehead atoms. The van der Waals surface area contributed by atoms with E-state index in [0.717, 1.165) is 19.4 Å². The number of piperidine rings is 1. The smallest absolute Gasteiger partial charge is 0.410 e. The first kappa shape index (κ1) is 18.1. The summed E-state index contributed by atoms with van der Waals surface area (Å²) in [5.74, 6) is 0.495. The number of amidine groups is 1. The van der Waals surface area contributed by atoms with E-state index < -0.39 is 5.60 Å². The van der Waals surface area contributed by atoms with Crippen LogP contribution in [0.3, 0.4) is 0 Å². The van der Waals surface area contributed by atoms with Crippen LogP contribution in [-0.4, -0.2) is 60.6 Å². The SMILES string of the molecule is CO/C(N)=C/C(=N)N1CCCC(N(C)C(=O)OC(C)(C)C)C1. The van der Waals surface area contributed by atoms with E-state index in [9.17, 15) is 4.79 Å². The van der Waals surface area contributed by atoms with Gasteiger partial charge in [0.25, 0.3) is 0 Å². The summed E-state index contributed by atoms with van der Waals surface area (Å²) in [4.78, 5) is 15.6. The third-order valence-corrected chi connectivity index (χ3v) is 3.48. The van der Waals surface area contributed by atoms with Gasteiger partial charge in [-0.15, -0.1) is 0 Å². The average molecular weight is 312 g/mol. The predicted molar refractivity (Wildman–Crippen MR) is 85.6 cm³/mol. The summed E-state index contributed by atoms with van der Waals surface area (Å²) in [6, 6.07) is 0.0149. The van der Waals surface area contributed by atoms with Crippen molar-refractivity contribution < 1.29 is 14.3 Å². The van der Waals surface area contributed by atoms with Crippen molar-refractivity contribution in [1.82, 2.24) is 9.80 Å². The van der Waals surface area contributed by atoms with E-state index in [1.807, 2.05) is 25.7 Å². The third kappa shape index (κ3) is 5.46. The van der Waals surface area contributed by atoms with Crippen LogP contribution >= 0.6 is 0 Å². The predicted octanol–water partition coefficient (Wildman–Crippen LogP) is 1.74. The molecule has 1 unspecified atom stereocenters. The number of rotatable bonds is 3. The van der Waals surface area contributed by atoms with Gasteiger partial charge in [-0.25, -0.2) is 4.79 Å². The number of nitrogens with one attached hydrogen (secondary N) is 1. The number of likely N-dealkylation sites (N-methyl/N-ethyl adjacent to an activating group) is 1. The fourth-order valence-corrected chi connectivity index (χ4v) is 2.26. The highest BCUT2D eigenvalue weighted by Crippen LogP contribution is 2.18. The van der Waals surface area contributed by atoms with Crippen molar-refractivity contribution in [3.63, 3.8) is 0 Å². The first-order valence-electron chi connectivity index (χ1n) is 7.44. The van der Waals surface area contributed by atoms with Crippen molar-refractivity contribution in [1.29, 1.82) is 5.41 Å². The van der Waals surface area contributed by atoms with Crippen LogP contribution in [0.1, 0.15) is 33.6 Å². The highest BCUT2D eigenvalue weighted by atomic mass is 16.6. The molecule has 0 aliphatic carbocycles. The molecule has 0 radical (unpaired) electrons. The lowest BCUT2D eigenvalue weighted by atomic mass is 10.0. The van der Waals surface area contributed by atoms with E-state index in [4.69, 9.17) is 20.6 Å². The molecule has 1 saturated heterocycles. The standard InChI is InChI=1S/C15H28N4O3/c1-15(2,3)22-14(20)18(4)11-7-6-8-19(10-11)12(16)9-13(17)21-5/h9,11,16H,6-8,10,17H2,1-5H3/b13-9+,16-12?. The van der Waals surface area contributed by atoms with Crippen molar-refractivity contribution in [2.45, 2.75) is 45.3 Å². The molecule has 0 aromatic heterocycles. The second-order valence-corrected chi connectivity index (χ2v) is 6.47. The van der Waals surface area contributed by atoms with Crippen LogP contribution in [0.4, 0.5) is 4.79 Å². The lowest BCUT2D eigenvalue weighted by Gasteiger charge is -2.38. The minimum Gasteiger partial charge on any atom is -0.483 e. The first-order chi connectivity index (χ1) is 10.1. The molecule has 1 atom stereocenters. The minimum atomic E-state index is -0.512. The van der Waals surface area contributed by atoms with Crippen LogP contribution < -0.4 is 5.73 Å². The molecule has 0 saturated carbocycles. The summed E-state index contributed by atoms with van der Waals surface area (Å²) >= 11 is 0. The molecule has 22 heavy (non-hydrogen) atoms. The van der Waals surface area contributed by atoms with Crippen molar-refractivity contribution in [2.75, 3.05) is 27.2 Å². The zero-order valence-corrected chi connectivity index (χ0v) is 14.2. The first-order valence-corrected chi connectivity index (χ1v) is 7.44. The monoisotopic (exact) mass is 312 g/mol. The Morgan fingerprint density at radius 1 is 1.45 bits per heavy atom. The number of likely N-dealkylation sites (tertiary alicyclic amines) is 1. The van der Waals surface area contributed by atoms with Gasteiger partial charge in [-0.2, -0.15) is 0 Å². The van der Waals surface area contributed by atoms with Crippen molar-refractivity contribution in [3.8, 4) is 0 Å². The van der Waals surface area contributed by atoms with Crippen LogP contribution in [0, 0.1) is 5.41 Å². The number of carbonyl (C=O) groups excluding carboxylic acids is 1. The van der Waals surface area contributed by atoms with Gasteiger partial charge in [-0.1, -0.05) is 0 Å². The average Bonchev–Trinajstić information content (AvgIpc) is 2.44. The van der Waals surface area contributed by atoms with Crippen LogP contribution in [0.15, 0.2) is 12.0 Å². The molecular formula is C15H28N4O3. The van der Waals surface area contributed by atoms with Crippen LogP contribution in [0.2, 0.25) is 0 Å². The second kappa shape index (κ2) is 7.38. The van der Waals surface area contributed by atoms with E-state index >= 15 is 0 Å². The summed E-state index contributed by atoms with van der Waals surface area (Å²) in [5, 5.41) is 8.05. The molecule has 0 aromatic carbocycles. The van der Waals surface area contributed by atoms with Gasteiger partial charge in [0, 0.05) is 26.2 Å². The third-order valence-electron chi connectivity index (χ3n) is 3.48. The van der Waals surface area contributed by atoms with Gasteiger partial charge >= 0.3 is 6.09 Å². The van der Waals surface area contributed by atoms with Crippen LogP contribution in [0.25, 0.3) is 0 Å². The number of nitrogens with zero attached hydrogens (tertiary/aromatic N) is 2. The molecule has 1 heterocycles. The van der Waals surface area contributed by atoms with E-state index in [1.54, 1.807) is 11.9 Å². The molecule has 3 N–H and O–H groups in total. The van der Waals surface area contributed by atoms with E-state index in [-0.39, 0.29) is 18.0 Å². The highest BCUT2D eigenvalue weighted by Gasteiger charge is 2.29. The molecule has 0 aromatic rings. The number of nitrogens with two attached hydrogens (primary N) is 1. The van der Waals surface area contributed by atoms with Gasteiger partial charge < -0.3 is 25.0 Å². The quantitative estimate of drug-likeness (QED) is 0.470. The van der Waals surface area contributed by atoms with Crippen molar-refractivity contribution >= 4 is 11.9 Å². The molecule has 1 fully saturated rings. The number of carbonyl (C=O) groups is 1.